The van der Waals surface area contributed by atoms with Crippen LogP contribution in [0.5, 0.6) is 5.75 Å². The lowest BCUT2D eigenvalue weighted by molar-refractivity contribution is -0.133. The van der Waals surface area contributed by atoms with Gasteiger partial charge in [0.25, 0.3) is 11.5 Å². The van der Waals surface area contributed by atoms with E-state index in [-0.39, 0.29) is 18.4 Å². The molecule has 0 unspecified atom stereocenters. The van der Waals surface area contributed by atoms with Crippen molar-refractivity contribution in [2.24, 2.45) is 0 Å². The summed E-state index contributed by atoms with van der Waals surface area (Å²) in [6, 6.07) is 8.08. The monoisotopic (exact) mass is 372 g/mol. The lowest BCUT2D eigenvalue weighted by atomic mass is 10.1. The van der Waals surface area contributed by atoms with E-state index in [4.69, 9.17) is 4.74 Å². The number of piperazine rings is 1. The summed E-state index contributed by atoms with van der Waals surface area (Å²) < 4.78 is 6.24. The Hall–Kier alpha value is -3.36. The van der Waals surface area contributed by atoms with E-state index < -0.39 is 11.2 Å². The normalized spacial score (nSPS) is 14.1. The molecular weight excluding hydrogens is 352 g/mol. The minimum atomic E-state index is -0.621. The second-order valence-corrected chi connectivity index (χ2v) is 6.14. The Kier molecular flexibility index (Phi) is 5.39. The average Bonchev–Trinajstić information content (AvgIpc) is 2.69. The van der Waals surface area contributed by atoms with Crippen molar-refractivity contribution in [3.63, 3.8) is 0 Å². The van der Waals surface area contributed by atoms with Crippen LogP contribution in [-0.4, -0.2) is 64.5 Å². The van der Waals surface area contributed by atoms with Crippen LogP contribution in [0, 0.1) is 0 Å². The van der Waals surface area contributed by atoms with E-state index in [2.05, 4.69) is 4.98 Å². The van der Waals surface area contributed by atoms with Crippen LogP contribution in [0.25, 0.3) is 0 Å². The number of H-pyrrole nitrogens is 1. The molecule has 2 aromatic rings. The molecule has 1 saturated heterocycles. The summed E-state index contributed by atoms with van der Waals surface area (Å²) in [4.78, 5) is 53.1. The van der Waals surface area contributed by atoms with Gasteiger partial charge in [0.1, 0.15) is 12.3 Å². The molecule has 2 amide bonds. The fourth-order valence-corrected chi connectivity index (χ4v) is 2.89. The van der Waals surface area contributed by atoms with E-state index in [1.165, 1.54) is 12.3 Å². The molecule has 1 aliphatic heterocycles. The van der Waals surface area contributed by atoms with Crippen molar-refractivity contribution < 1.29 is 14.3 Å². The largest absolute Gasteiger partial charge is 0.497 e. The molecule has 1 fully saturated rings. The Morgan fingerprint density at radius 3 is 2.22 bits per heavy atom. The Balaban J connectivity index is 1.57. The second-order valence-electron chi connectivity index (χ2n) is 6.14. The van der Waals surface area contributed by atoms with Crippen LogP contribution in [0.4, 0.5) is 0 Å². The van der Waals surface area contributed by atoms with Gasteiger partial charge in [-0.25, -0.2) is 4.79 Å². The molecule has 0 radical (unpaired) electrons. The molecule has 0 aliphatic carbocycles. The summed E-state index contributed by atoms with van der Waals surface area (Å²) in [5.41, 5.74) is -0.561. The fraction of sp³-hybridized carbons (Fsp3) is 0.333. The number of nitrogens with zero attached hydrogens (tertiary/aromatic N) is 3. The molecule has 1 N–H and O–H groups in total. The highest BCUT2D eigenvalue weighted by Crippen LogP contribution is 2.14. The summed E-state index contributed by atoms with van der Waals surface area (Å²) in [5.74, 6) is 0.349. The van der Waals surface area contributed by atoms with Crippen LogP contribution in [-0.2, 0) is 11.3 Å². The van der Waals surface area contributed by atoms with E-state index in [9.17, 15) is 19.2 Å². The third kappa shape index (κ3) is 4.25. The molecule has 142 valence electrons. The molecule has 27 heavy (non-hydrogen) atoms. The maximum absolute atomic E-state index is 12.5. The predicted octanol–water partition coefficient (Wildman–Crippen LogP) is -0.470. The van der Waals surface area contributed by atoms with Gasteiger partial charge in [-0.2, -0.15) is 0 Å². The average molecular weight is 372 g/mol. The molecule has 0 spiro atoms. The topological polar surface area (TPSA) is 105 Å². The number of rotatable bonds is 4. The quantitative estimate of drug-likeness (QED) is 0.781. The Labute approximate surface area is 154 Å². The fourth-order valence-electron chi connectivity index (χ4n) is 2.89. The number of carbonyl (C=O) groups is 2. The number of hydrogen-bond acceptors (Lipinski definition) is 5. The number of carbonyl (C=O) groups excluding carboxylic acids is 2. The predicted molar refractivity (Wildman–Crippen MR) is 96.8 cm³/mol. The highest BCUT2D eigenvalue weighted by Gasteiger charge is 2.25. The van der Waals surface area contributed by atoms with Crippen molar-refractivity contribution in [2.75, 3.05) is 33.3 Å². The van der Waals surface area contributed by atoms with E-state index in [0.29, 0.717) is 37.5 Å². The highest BCUT2D eigenvalue weighted by atomic mass is 16.5. The first kappa shape index (κ1) is 18.4. The SMILES string of the molecule is COc1ccc(C(=O)N2CCN(C(=O)Cn3ccc(=O)[nH]c3=O)CC2)cc1. The number of ether oxygens (including phenoxy) is 1. The Morgan fingerprint density at radius 2 is 1.63 bits per heavy atom. The zero-order chi connectivity index (χ0) is 19.4. The van der Waals surface area contributed by atoms with Crippen LogP contribution < -0.4 is 16.0 Å². The number of hydrogen-bond donors (Lipinski definition) is 1. The van der Waals surface area contributed by atoms with Crippen molar-refractivity contribution in [3.05, 3.63) is 62.9 Å². The molecule has 0 bridgehead atoms. The van der Waals surface area contributed by atoms with Gasteiger partial charge in [-0.3, -0.25) is 23.9 Å². The Morgan fingerprint density at radius 1 is 1.00 bits per heavy atom. The van der Waals surface area contributed by atoms with Gasteiger partial charge in [0.2, 0.25) is 5.91 Å². The third-order valence-corrected chi connectivity index (χ3v) is 4.46. The molecule has 1 aromatic carbocycles. The van der Waals surface area contributed by atoms with Crippen molar-refractivity contribution in [2.45, 2.75) is 6.54 Å². The van der Waals surface area contributed by atoms with Crippen LogP contribution in [0.15, 0.2) is 46.1 Å². The number of nitrogens with one attached hydrogen (secondary N) is 1. The van der Waals surface area contributed by atoms with E-state index >= 15 is 0 Å². The second kappa shape index (κ2) is 7.90. The van der Waals surface area contributed by atoms with Crippen molar-refractivity contribution in [1.29, 1.82) is 0 Å². The van der Waals surface area contributed by atoms with Gasteiger partial charge < -0.3 is 14.5 Å². The first-order valence-corrected chi connectivity index (χ1v) is 8.49. The van der Waals surface area contributed by atoms with Gasteiger partial charge in [-0.05, 0) is 24.3 Å². The highest BCUT2D eigenvalue weighted by molar-refractivity contribution is 5.94. The van der Waals surface area contributed by atoms with Gasteiger partial charge in [-0.15, -0.1) is 0 Å². The standard InChI is InChI=1S/C18H20N4O5/c1-27-14-4-2-13(3-5-14)17(25)21-10-8-20(9-11-21)16(24)12-22-7-6-15(23)19-18(22)26/h2-7H,8-12H2,1H3,(H,19,23,26). The molecular formula is C18H20N4O5. The van der Waals surface area contributed by atoms with E-state index in [1.807, 2.05) is 0 Å². The Bertz CT molecular complexity index is 939. The maximum Gasteiger partial charge on any atom is 0.328 e. The maximum atomic E-state index is 12.5. The number of aromatic amines is 1. The minimum absolute atomic E-state index is 0.0957. The lowest BCUT2D eigenvalue weighted by Crippen LogP contribution is -2.51. The molecule has 0 atom stereocenters. The van der Waals surface area contributed by atoms with Crippen LogP contribution in [0.2, 0.25) is 0 Å². The zero-order valence-corrected chi connectivity index (χ0v) is 14.9. The molecule has 3 rings (SSSR count). The third-order valence-electron chi connectivity index (χ3n) is 4.46. The number of benzene rings is 1. The summed E-state index contributed by atoms with van der Waals surface area (Å²) in [6.07, 6.45) is 1.29. The molecule has 1 aliphatic rings. The van der Waals surface area contributed by atoms with Gasteiger partial charge in [0.15, 0.2) is 0 Å². The summed E-state index contributed by atoms with van der Waals surface area (Å²) in [6.45, 7) is 1.45. The number of methoxy groups -OCH3 is 1. The van der Waals surface area contributed by atoms with Crippen molar-refractivity contribution >= 4 is 11.8 Å². The van der Waals surface area contributed by atoms with Gasteiger partial charge in [0, 0.05) is 44.0 Å². The summed E-state index contributed by atoms with van der Waals surface area (Å²) >= 11 is 0. The molecule has 0 saturated carbocycles. The van der Waals surface area contributed by atoms with Crippen LogP contribution in [0.3, 0.4) is 0 Å². The molecule has 1 aromatic heterocycles. The zero-order valence-electron chi connectivity index (χ0n) is 14.9. The summed E-state index contributed by atoms with van der Waals surface area (Å²) in [7, 11) is 1.56. The van der Waals surface area contributed by atoms with Gasteiger partial charge >= 0.3 is 5.69 Å². The number of aromatic nitrogens is 2. The van der Waals surface area contributed by atoms with Crippen LogP contribution in [0.1, 0.15) is 10.4 Å². The molecule has 9 heteroatoms. The van der Waals surface area contributed by atoms with Crippen molar-refractivity contribution in [3.8, 4) is 5.75 Å². The lowest BCUT2D eigenvalue weighted by Gasteiger charge is -2.35. The number of amides is 2. The van der Waals surface area contributed by atoms with Gasteiger partial charge in [0.05, 0.1) is 7.11 Å². The van der Waals surface area contributed by atoms with Crippen molar-refractivity contribution in [1.82, 2.24) is 19.4 Å². The van der Waals surface area contributed by atoms with Gasteiger partial charge in [-0.1, -0.05) is 0 Å². The molecule has 2 heterocycles. The summed E-state index contributed by atoms with van der Waals surface area (Å²) in [5, 5.41) is 0. The smallest absolute Gasteiger partial charge is 0.328 e. The minimum Gasteiger partial charge on any atom is -0.497 e. The first-order valence-electron chi connectivity index (χ1n) is 8.49. The first-order chi connectivity index (χ1) is 13.0. The van der Waals surface area contributed by atoms with Crippen LogP contribution >= 0.6 is 0 Å². The van der Waals surface area contributed by atoms with E-state index in [0.717, 1.165) is 4.57 Å². The van der Waals surface area contributed by atoms with E-state index in [1.54, 1.807) is 41.2 Å². The molecule has 9 nitrogen and oxygen atoms in total.